The molecule has 0 aromatic heterocycles. The number of aliphatic hydroxyl groups is 1. The lowest BCUT2D eigenvalue weighted by Crippen LogP contribution is -1.99. The third kappa shape index (κ3) is 2.94. The first kappa shape index (κ1) is 10.9. The summed E-state index contributed by atoms with van der Waals surface area (Å²) in [6.45, 7) is 0. The second kappa shape index (κ2) is 5.47. The smallest absolute Gasteiger partial charge is 0.0793 e. The van der Waals surface area contributed by atoms with Crippen LogP contribution in [0.2, 0.25) is 0 Å². The number of rotatable bonds is 4. The first-order valence-electron chi connectivity index (χ1n) is 5.63. The Morgan fingerprint density at radius 3 is 2.00 bits per heavy atom. The predicted octanol–water partition coefficient (Wildman–Crippen LogP) is 3.35. The van der Waals surface area contributed by atoms with Gasteiger partial charge >= 0.3 is 0 Å². The molecule has 0 spiro atoms. The first-order valence-corrected chi connectivity index (χ1v) is 5.63. The Morgan fingerprint density at radius 2 is 1.38 bits per heavy atom. The zero-order valence-corrected chi connectivity index (χ0v) is 9.21. The summed E-state index contributed by atoms with van der Waals surface area (Å²) in [6, 6.07) is 20.1. The molecule has 1 atom stereocenters. The van der Waals surface area contributed by atoms with Gasteiger partial charge in [0.1, 0.15) is 0 Å². The van der Waals surface area contributed by atoms with Gasteiger partial charge in [0.15, 0.2) is 0 Å². The highest BCUT2D eigenvalue weighted by molar-refractivity contribution is 5.19. The predicted molar refractivity (Wildman–Crippen MR) is 66.2 cm³/mol. The largest absolute Gasteiger partial charge is 0.388 e. The Morgan fingerprint density at radius 1 is 0.812 bits per heavy atom. The van der Waals surface area contributed by atoms with Crippen LogP contribution in [0, 0.1) is 0 Å². The second-order valence-corrected chi connectivity index (χ2v) is 3.95. The van der Waals surface area contributed by atoms with Gasteiger partial charge in [-0.05, 0) is 24.0 Å². The van der Waals surface area contributed by atoms with Crippen molar-refractivity contribution in [2.24, 2.45) is 0 Å². The van der Waals surface area contributed by atoms with Crippen LogP contribution >= 0.6 is 0 Å². The number of hydrogen-bond acceptors (Lipinski definition) is 1. The molecule has 1 N–H and O–H groups in total. The van der Waals surface area contributed by atoms with Gasteiger partial charge in [-0.15, -0.1) is 0 Å². The average molecular weight is 212 g/mol. The van der Waals surface area contributed by atoms with Gasteiger partial charge in [-0.3, -0.25) is 0 Å². The fourth-order valence-corrected chi connectivity index (χ4v) is 1.79. The van der Waals surface area contributed by atoms with Crippen LogP contribution in [0.3, 0.4) is 0 Å². The van der Waals surface area contributed by atoms with E-state index >= 15 is 0 Å². The van der Waals surface area contributed by atoms with E-state index in [-0.39, 0.29) is 6.10 Å². The average Bonchev–Trinajstić information content (AvgIpc) is 2.38. The lowest BCUT2D eigenvalue weighted by molar-refractivity contribution is 0.168. The van der Waals surface area contributed by atoms with Gasteiger partial charge in [0.25, 0.3) is 0 Å². The molecular formula is C15H16O. The minimum Gasteiger partial charge on any atom is -0.388 e. The summed E-state index contributed by atoms with van der Waals surface area (Å²) in [5.41, 5.74) is 2.27. The summed E-state index contributed by atoms with van der Waals surface area (Å²) >= 11 is 0. The minimum absolute atomic E-state index is 0.360. The fourth-order valence-electron chi connectivity index (χ4n) is 1.79. The third-order valence-electron chi connectivity index (χ3n) is 2.73. The number of hydrogen-bond donors (Lipinski definition) is 1. The lowest BCUT2D eigenvalue weighted by Gasteiger charge is -2.10. The van der Waals surface area contributed by atoms with Crippen LogP contribution < -0.4 is 0 Å². The van der Waals surface area contributed by atoms with Gasteiger partial charge in [-0.25, -0.2) is 0 Å². The maximum atomic E-state index is 9.98. The minimum atomic E-state index is -0.360. The Bertz CT molecular complexity index is 408. The third-order valence-corrected chi connectivity index (χ3v) is 2.73. The van der Waals surface area contributed by atoms with Crippen LogP contribution in [-0.4, -0.2) is 5.11 Å². The zero-order chi connectivity index (χ0) is 11.2. The highest BCUT2D eigenvalue weighted by Crippen LogP contribution is 2.18. The van der Waals surface area contributed by atoms with E-state index in [9.17, 15) is 5.11 Å². The Hall–Kier alpha value is -1.60. The van der Waals surface area contributed by atoms with Crippen LogP contribution in [0.1, 0.15) is 23.7 Å². The van der Waals surface area contributed by atoms with Crippen LogP contribution in [0.15, 0.2) is 60.7 Å². The van der Waals surface area contributed by atoms with Crippen LogP contribution in [0.4, 0.5) is 0 Å². The molecule has 1 unspecified atom stereocenters. The highest BCUT2D eigenvalue weighted by atomic mass is 16.3. The fraction of sp³-hybridized carbons (Fsp3) is 0.200. The molecular weight excluding hydrogens is 196 g/mol. The van der Waals surface area contributed by atoms with E-state index in [0.29, 0.717) is 0 Å². The van der Waals surface area contributed by atoms with Crippen LogP contribution in [0.5, 0.6) is 0 Å². The van der Waals surface area contributed by atoms with E-state index in [0.717, 1.165) is 18.4 Å². The van der Waals surface area contributed by atoms with Crippen molar-refractivity contribution in [3.63, 3.8) is 0 Å². The molecule has 82 valence electrons. The first-order chi connectivity index (χ1) is 7.86. The maximum Gasteiger partial charge on any atom is 0.0793 e. The van der Waals surface area contributed by atoms with E-state index < -0.39 is 0 Å². The zero-order valence-electron chi connectivity index (χ0n) is 9.21. The molecule has 0 radical (unpaired) electrons. The van der Waals surface area contributed by atoms with E-state index in [4.69, 9.17) is 0 Å². The van der Waals surface area contributed by atoms with Gasteiger partial charge in [0, 0.05) is 0 Å². The maximum absolute atomic E-state index is 9.98. The quantitative estimate of drug-likeness (QED) is 0.824. The molecule has 0 saturated carbocycles. The highest BCUT2D eigenvalue weighted by Gasteiger charge is 2.06. The molecule has 0 heterocycles. The summed E-state index contributed by atoms with van der Waals surface area (Å²) in [4.78, 5) is 0. The van der Waals surface area contributed by atoms with E-state index in [1.54, 1.807) is 0 Å². The summed E-state index contributed by atoms with van der Waals surface area (Å²) in [5.74, 6) is 0. The van der Waals surface area contributed by atoms with E-state index in [1.165, 1.54) is 5.56 Å². The molecule has 2 aromatic rings. The van der Waals surface area contributed by atoms with Crippen molar-refractivity contribution in [2.75, 3.05) is 0 Å². The molecule has 0 aliphatic heterocycles. The Kier molecular flexibility index (Phi) is 3.73. The Labute approximate surface area is 96.4 Å². The summed E-state index contributed by atoms with van der Waals surface area (Å²) in [5, 5.41) is 9.98. The molecule has 0 aliphatic rings. The molecule has 16 heavy (non-hydrogen) atoms. The van der Waals surface area contributed by atoms with Crippen molar-refractivity contribution in [3.8, 4) is 0 Å². The van der Waals surface area contributed by atoms with E-state index in [1.807, 2.05) is 48.5 Å². The van der Waals surface area contributed by atoms with Crippen molar-refractivity contribution in [3.05, 3.63) is 71.8 Å². The van der Waals surface area contributed by atoms with Gasteiger partial charge < -0.3 is 5.11 Å². The normalized spacial score (nSPS) is 12.3. The molecule has 1 heteroatoms. The van der Waals surface area contributed by atoms with Crippen molar-refractivity contribution in [1.29, 1.82) is 0 Å². The number of benzene rings is 2. The summed E-state index contributed by atoms with van der Waals surface area (Å²) < 4.78 is 0. The molecule has 1 nitrogen and oxygen atoms in total. The molecule has 0 bridgehead atoms. The van der Waals surface area contributed by atoms with Crippen molar-refractivity contribution >= 4 is 0 Å². The molecule has 0 saturated heterocycles. The van der Waals surface area contributed by atoms with Gasteiger partial charge in [-0.1, -0.05) is 60.7 Å². The van der Waals surface area contributed by atoms with Crippen LogP contribution in [0.25, 0.3) is 0 Å². The topological polar surface area (TPSA) is 20.2 Å². The van der Waals surface area contributed by atoms with Gasteiger partial charge in [0.2, 0.25) is 0 Å². The molecule has 0 aliphatic carbocycles. The Balaban J connectivity index is 1.92. The van der Waals surface area contributed by atoms with Crippen molar-refractivity contribution in [2.45, 2.75) is 18.9 Å². The monoisotopic (exact) mass is 212 g/mol. The number of aliphatic hydroxyl groups excluding tert-OH is 1. The van der Waals surface area contributed by atoms with Crippen molar-refractivity contribution in [1.82, 2.24) is 0 Å². The molecule has 0 fully saturated rings. The lowest BCUT2D eigenvalue weighted by atomic mass is 10.0. The SMILES string of the molecule is OC(CCc1ccccc1)c1ccccc1. The van der Waals surface area contributed by atoms with Crippen molar-refractivity contribution < 1.29 is 5.11 Å². The standard InChI is InChI=1S/C15H16O/c16-15(14-9-5-2-6-10-14)12-11-13-7-3-1-4-8-13/h1-10,15-16H,11-12H2. The molecule has 2 rings (SSSR count). The summed E-state index contributed by atoms with van der Waals surface area (Å²) in [6.07, 6.45) is 1.33. The number of aryl methyl sites for hydroxylation is 1. The molecule has 0 amide bonds. The van der Waals surface area contributed by atoms with E-state index in [2.05, 4.69) is 12.1 Å². The van der Waals surface area contributed by atoms with Crippen LogP contribution in [-0.2, 0) is 6.42 Å². The molecule has 2 aromatic carbocycles. The second-order valence-electron chi connectivity index (χ2n) is 3.95. The van der Waals surface area contributed by atoms with Gasteiger partial charge in [0.05, 0.1) is 6.10 Å². The summed E-state index contributed by atoms with van der Waals surface area (Å²) in [7, 11) is 0. The van der Waals surface area contributed by atoms with Gasteiger partial charge in [-0.2, -0.15) is 0 Å².